The van der Waals surface area contributed by atoms with Crippen LogP contribution in [0.15, 0.2) is 48.5 Å². The van der Waals surface area contributed by atoms with Gasteiger partial charge in [-0.1, -0.05) is 45.0 Å². The number of hydrogen-bond donors (Lipinski definition) is 1. The number of anilines is 2. The zero-order chi connectivity index (χ0) is 34.9. The largest absolute Gasteiger partial charge is 0.497 e. The molecule has 1 aliphatic rings. The Morgan fingerprint density at radius 3 is 2.23 bits per heavy atom. The Hall–Kier alpha value is -4.19. The molecular weight excluding hydrogens is 651 g/mol. The van der Waals surface area contributed by atoms with E-state index in [9.17, 15) is 22.8 Å². The fraction of sp³-hybridized carbons (Fsp3) is 0.457. The number of amides is 1. The molecule has 13 heteroatoms. The minimum Gasteiger partial charge on any atom is -0.497 e. The van der Waals surface area contributed by atoms with E-state index in [1.807, 2.05) is 13.8 Å². The van der Waals surface area contributed by atoms with Crippen LogP contribution in [0, 0.1) is 0 Å². The monoisotopic (exact) mass is 695 g/mol. The number of nitrogens with zero attached hydrogens (tertiary/aromatic N) is 2. The quantitative estimate of drug-likeness (QED) is 0.157. The SMILES string of the molecule is C.CC.COc1cc(NC(C(=O)N2CCc3nc(OC)c(C(F)(F)F)cc32)c2ccc(Cl)cc2)cc(OCCCC(=O)OC(C)(C)C)c1. The molecule has 4 rings (SSSR count). The maximum absolute atomic E-state index is 14.1. The van der Waals surface area contributed by atoms with Gasteiger partial charge in [-0.3, -0.25) is 9.59 Å². The van der Waals surface area contributed by atoms with Crippen LogP contribution in [-0.4, -0.2) is 49.8 Å². The summed E-state index contributed by atoms with van der Waals surface area (Å²) in [6.45, 7) is 9.73. The summed E-state index contributed by atoms with van der Waals surface area (Å²) in [6, 6.07) is 11.4. The first-order valence-corrected chi connectivity index (χ1v) is 15.6. The van der Waals surface area contributed by atoms with E-state index < -0.39 is 35.2 Å². The molecule has 1 aliphatic heterocycles. The molecular formula is C35H45ClF3N3O6. The van der Waals surface area contributed by atoms with Gasteiger partial charge in [0.1, 0.15) is 28.7 Å². The number of alkyl halides is 3. The number of carbonyl (C=O) groups excluding carboxylic acids is 2. The number of fused-ring (bicyclic) bond motifs is 1. The van der Waals surface area contributed by atoms with Crippen LogP contribution in [0.5, 0.6) is 17.4 Å². The second kappa shape index (κ2) is 17.3. The van der Waals surface area contributed by atoms with Crippen molar-refractivity contribution in [2.75, 3.05) is 37.6 Å². The first-order chi connectivity index (χ1) is 22.2. The lowest BCUT2D eigenvalue weighted by Gasteiger charge is -2.27. The van der Waals surface area contributed by atoms with Gasteiger partial charge in [0.15, 0.2) is 0 Å². The minimum atomic E-state index is -4.73. The van der Waals surface area contributed by atoms with E-state index in [-0.39, 0.29) is 45.1 Å². The molecule has 2 aromatic carbocycles. The lowest BCUT2D eigenvalue weighted by atomic mass is 10.0. The molecule has 48 heavy (non-hydrogen) atoms. The molecule has 1 atom stereocenters. The van der Waals surface area contributed by atoms with Gasteiger partial charge in [-0.15, -0.1) is 0 Å². The number of methoxy groups -OCH3 is 2. The first-order valence-electron chi connectivity index (χ1n) is 15.2. The Bertz CT molecular complexity index is 1530. The highest BCUT2D eigenvalue weighted by atomic mass is 35.5. The molecule has 0 bridgehead atoms. The maximum Gasteiger partial charge on any atom is 0.421 e. The van der Waals surface area contributed by atoms with E-state index in [0.29, 0.717) is 39.9 Å². The number of nitrogens with one attached hydrogen (secondary N) is 1. The van der Waals surface area contributed by atoms with Crippen molar-refractivity contribution in [1.82, 2.24) is 4.98 Å². The standard InChI is InChI=1S/C32H35ClF3N3O6.C2H6.CH4/c1-31(2,3)45-27(40)7-6-14-44-23-16-21(15-22(17-23)42-4)37-28(19-8-10-20(33)11-9-19)30(41)39-13-12-25-26(39)18-24(32(34,35)36)29(38-25)43-5;1-2;/h8-11,15-18,28,37H,6-7,12-14H2,1-5H3;1-2H3;1H4. The third-order valence-corrected chi connectivity index (χ3v) is 7.01. The fourth-order valence-corrected chi connectivity index (χ4v) is 4.91. The Kier molecular flexibility index (Phi) is 14.4. The number of benzene rings is 2. The summed E-state index contributed by atoms with van der Waals surface area (Å²) < 4.78 is 63.0. The molecule has 0 saturated carbocycles. The number of carbonyl (C=O) groups is 2. The molecule has 0 fully saturated rings. The van der Waals surface area contributed by atoms with Crippen LogP contribution in [0.3, 0.4) is 0 Å². The molecule has 0 spiro atoms. The van der Waals surface area contributed by atoms with Gasteiger partial charge < -0.3 is 29.2 Å². The Labute approximate surface area is 285 Å². The van der Waals surface area contributed by atoms with Gasteiger partial charge in [-0.05, 0) is 51.0 Å². The molecule has 1 aromatic heterocycles. The number of rotatable bonds is 11. The van der Waals surface area contributed by atoms with Gasteiger partial charge in [0.2, 0.25) is 5.88 Å². The minimum absolute atomic E-state index is 0. The predicted octanol–water partition coefficient (Wildman–Crippen LogP) is 8.68. The summed E-state index contributed by atoms with van der Waals surface area (Å²) in [5, 5.41) is 3.65. The molecule has 0 saturated heterocycles. The smallest absolute Gasteiger partial charge is 0.421 e. The molecule has 9 nitrogen and oxygen atoms in total. The average Bonchev–Trinajstić information content (AvgIpc) is 3.44. The van der Waals surface area contributed by atoms with Crippen molar-refractivity contribution >= 4 is 34.9 Å². The molecule has 2 heterocycles. The summed E-state index contributed by atoms with van der Waals surface area (Å²) >= 11 is 6.11. The number of ether oxygens (including phenoxy) is 4. The van der Waals surface area contributed by atoms with Crippen molar-refractivity contribution in [3.63, 3.8) is 0 Å². The van der Waals surface area contributed by atoms with Crippen molar-refractivity contribution in [3.05, 3.63) is 70.4 Å². The summed E-state index contributed by atoms with van der Waals surface area (Å²) in [6.07, 6.45) is -3.90. The van der Waals surface area contributed by atoms with Gasteiger partial charge in [-0.25, -0.2) is 4.98 Å². The third kappa shape index (κ3) is 10.7. The van der Waals surface area contributed by atoms with Gasteiger partial charge >= 0.3 is 12.1 Å². The molecule has 1 unspecified atom stereocenters. The van der Waals surface area contributed by atoms with Gasteiger partial charge in [0.05, 0.1) is 32.2 Å². The van der Waals surface area contributed by atoms with E-state index in [1.54, 1.807) is 63.2 Å². The van der Waals surface area contributed by atoms with Crippen LogP contribution in [-0.2, 0) is 26.9 Å². The zero-order valence-corrected chi connectivity index (χ0v) is 28.3. The highest BCUT2D eigenvalue weighted by molar-refractivity contribution is 6.30. The number of halogens is 4. The lowest BCUT2D eigenvalue weighted by Crippen LogP contribution is -2.37. The molecule has 1 N–H and O–H groups in total. The predicted molar refractivity (Wildman–Crippen MR) is 181 cm³/mol. The van der Waals surface area contributed by atoms with Crippen LogP contribution in [0.1, 0.15) is 77.7 Å². The average molecular weight is 696 g/mol. The topological polar surface area (TPSA) is 99.2 Å². The Balaban J connectivity index is 0.00000262. The maximum atomic E-state index is 14.1. The van der Waals surface area contributed by atoms with E-state index in [1.165, 1.54) is 12.0 Å². The highest BCUT2D eigenvalue weighted by Crippen LogP contribution is 2.41. The van der Waals surface area contributed by atoms with E-state index in [4.69, 9.17) is 30.5 Å². The van der Waals surface area contributed by atoms with Crippen molar-refractivity contribution in [3.8, 4) is 17.4 Å². The second-order valence-electron chi connectivity index (χ2n) is 11.3. The lowest BCUT2D eigenvalue weighted by molar-refractivity contribution is -0.155. The number of pyridine rings is 1. The summed E-state index contributed by atoms with van der Waals surface area (Å²) in [7, 11) is 2.60. The van der Waals surface area contributed by atoms with Crippen LogP contribution >= 0.6 is 11.6 Å². The van der Waals surface area contributed by atoms with Crippen LogP contribution < -0.4 is 24.4 Å². The van der Waals surface area contributed by atoms with Crippen molar-refractivity contribution in [1.29, 1.82) is 0 Å². The van der Waals surface area contributed by atoms with Crippen molar-refractivity contribution < 1.29 is 41.7 Å². The Morgan fingerprint density at radius 1 is 1.00 bits per heavy atom. The van der Waals surface area contributed by atoms with E-state index in [0.717, 1.165) is 13.2 Å². The van der Waals surface area contributed by atoms with Gasteiger partial charge in [0, 0.05) is 48.3 Å². The van der Waals surface area contributed by atoms with E-state index >= 15 is 0 Å². The summed E-state index contributed by atoms with van der Waals surface area (Å²) in [5.41, 5.74) is -0.281. The van der Waals surface area contributed by atoms with Crippen molar-refractivity contribution in [2.24, 2.45) is 0 Å². The fourth-order valence-electron chi connectivity index (χ4n) is 4.79. The third-order valence-electron chi connectivity index (χ3n) is 6.76. The van der Waals surface area contributed by atoms with Gasteiger partial charge in [-0.2, -0.15) is 13.2 Å². The van der Waals surface area contributed by atoms with E-state index in [2.05, 4.69) is 10.3 Å². The molecule has 0 radical (unpaired) electrons. The molecule has 264 valence electrons. The van der Waals surface area contributed by atoms with Gasteiger partial charge in [0.25, 0.3) is 5.91 Å². The number of aromatic nitrogens is 1. The molecule has 1 amide bonds. The summed E-state index contributed by atoms with van der Waals surface area (Å²) in [5.74, 6) is -0.525. The molecule has 0 aliphatic carbocycles. The highest BCUT2D eigenvalue weighted by Gasteiger charge is 2.40. The second-order valence-corrected chi connectivity index (χ2v) is 11.7. The first kappa shape index (κ1) is 40.0. The number of hydrogen-bond acceptors (Lipinski definition) is 8. The van der Waals surface area contributed by atoms with Crippen LogP contribution in [0.4, 0.5) is 24.5 Å². The van der Waals surface area contributed by atoms with Crippen LogP contribution in [0.2, 0.25) is 5.02 Å². The zero-order valence-electron chi connectivity index (χ0n) is 27.6. The van der Waals surface area contributed by atoms with Crippen molar-refractivity contribution in [2.45, 2.75) is 79.1 Å². The number of esters is 1. The molecule has 3 aromatic rings. The van der Waals surface area contributed by atoms with Crippen LogP contribution in [0.25, 0.3) is 0 Å². The Morgan fingerprint density at radius 2 is 1.65 bits per heavy atom. The summed E-state index contributed by atoms with van der Waals surface area (Å²) in [4.78, 5) is 31.5. The normalized spacial score (nSPS) is 12.9.